The Kier molecular flexibility index (Phi) is 3.81. The summed E-state index contributed by atoms with van der Waals surface area (Å²) in [4.78, 5) is 0. The van der Waals surface area contributed by atoms with Crippen LogP contribution in [0.4, 0.5) is 4.39 Å². The first-order valence-corrected chi connectivity index (χ1v) is 6.40. The summed E-state index contributed by atoms with van der Waals surface area (Å²) in [6.07, 6.45) is 0. The molecular formula is C17H19F. The van der Waals surface area contributed by atoms with Crippen molar-refractivity contribution >= 4 is 0 Å². The summed E-state index contributed by atoms with van der Waals surface area (Å²) >= 11 is 0. The van der Waals surface area contributed by atoms with Gasteiger partial charge in [0, 0.05) is 5.92 Å². The summed E-state index contributed by atoms with van der Waals surface area (Å²) in [6, 6.07) is 15.4. The van der Waals surface area contributed by atoms with E-state index in [1.807, 2.05) is 12.1 Å². The van der Waals surface area contributed by atoms with Crippen LogP contribution in [0.15, 0.2) is 48.5 Å². The zero-order chi connectivity index (χ0) is 13.1. The van der Waals surface area contributed by atoms with Crippen molar-refractivity contribution in [2.24, 2.45) is 5.92 Å². The van der Waals surface area contributed by atoms with Gasteiger partial charge in [-0.25, -0.2) is 4.39 Å². The molecule has 0 amide bonds. The summed E-state index contributed by atoms with van der Waals surface area (Å²) in [7, 11) is 0. The molecule has 0 aliphatic carbocycles. The molecule has 0 nitrogen and oxygen atoms in total. The number of hydrogen-bond donors (Lipinski definition) is 0. The lowest BCUT2D eigenvalue weighted by Gasteiger charge is -2.22. The first kappa shape index (κ1) is 12.8. The molecular weight excluding hydrogens is 223 g/mol. The van der Waals surface area contributed by atoms with Gasteiger partial charge < -0.3 is 0 Å². The Bertz CT molecular complexity index is 511. The molecule has 18 heavy (non-hydrogen) atoms. The Hall–Kier alpha value is -1.63. The fourth-order valence-corrected chi connectivity index (χ4v) is 2.50. The van der Waals surface area contributed by atoms with E-state index >= 15 is 0 Å². The van der Waals surface area contributed by atoms with Crippen LogP contribution in [0, 0.1) is 18.7 Å². The molecule has 2 aromatic carbocycles. The largest absolute Gasteiger partial charge is 0.207 e. The highest BCUT2D eigenvalue weighted by Crippen LogP contribution is 2.32. The Labute approximate surface area is 108 Å². The third-order valence-electron chi connectivity index (χ3n) is 3.30. The van der Waals surface area contributed by atoms with E-state index in [0.29, 0.717) is 11.8 Å². The molecule has 94 valence electrons. The van der Waals surface area contributed by atoms with Gasteiger partial charge in [-0.15, -0.1) is 0 Å². The molecule has 2 rings (SSSR count). The van der Waals surface area contributed by atoms with E-state index in [9.17, 15) is 4.39 Å². The maximum Gasteiger partial charge on any atom is 0.123 e. The van der Waals surface area contributed by atoms with Gasteiger partial charge in [-0.2, -0.15) is 0 Å². The summed E-state index contributed by atoms with van der Waals surface area (Å²) in [6.45, 7) is 6.51. The highest BCUT2D eigenvalue weighted by atomic mass is 19.1. The van der Waals surface area contributed by atoms with Gasteiger partial charge in [0.2, 0.25) is 0 Å². The number of rotatable bonds is 3. The fourth-order valence-electron chi connectivity index (χ4n) is 2.50. The molecule has 0 saturated heterocycles. The second-order valence-electron chi connectivity index (χ2n) is 5.19. The summed E-state index contributed by atoms with van der Waals surface area (Å²) in [5.74, 6) is 0.633. The summed E-state index contributed by atoms with van der Waals surface area (Å²) in [5, 5.41) is 0. The monoisotopic (exact) mass is 242 g/mol. The van der Waals surface area contributed by atoms with E-state index < -0.39 is 0 Å². The zero-order valence-corrected chi connectivity index (χ0v) is 11.2. The van der Waals surface area contributed by atoms with Crippen LogP contribution < -0.4 is 0 Å². The second kappa shape index (κ2) is 5.34. The third kappa shape index (κ3) is 2.79. The normalized spacial score (nSPS) is 12.7. The number of benzene rings is 2. The lowest BCUT2D eigenvalue weighted by atomic mass is 9.82. The Morgan fingerprint density at radius 2 is 1.56 bits per heavy atom. The van der Waals surface area contributed by atoms with Gasteiger partial charge in [0.25, 0.3) is 0 Å². The number of halogens is 1. The molecule has 0 spiro atoms. The van der Waals surface area contributed by atoms with E-state index in [2.05, 4.69) is 45.0 Å². The van der Waals surface area contributed by atoms with Gasteiger partial charge in [0.1, 0.15) is 5.82 Å². The van der Waals surface area contributed by atoms with Crippen LogP contribution in [-0.4, -0.2) is 0 Å². The quantitative estimate of drug-likeness (QED) is 0.716. The third-order valence-corrected chi connectivity index (χ3v) is 3.30. The minimum absolute atomic E-state index is 0.175. The van der Waals surface area contributed by atoms with Gasteiger partial charge >= 0.3 is 0 Å². The molecule has 0 heterocycles. The van der Waals surface area contributed by atoms with Crippen molar-refractivity contribution < 1.29 is 4.39 Å². The predicted octanol–water partition coefficient (Wildman–Crippen LogP) is 4.92. The molecule has 0 aliphatic rings. The fraction of sp³-hybridized carbons (Fsp3) is 0.294. The van der Waals surface area contributed by atoms with E-state index in [0.717, 1.165) is 0 Å². The molecule has 0 saturated carbocycles. The highest BCUT2D eigenvalue weighted by molar-refractivity contribution is 5.35. The van der Waals surface area contributed by atoms with Gasteiger partial charge in [-0.3, -0.25) is 0 Å². The van der Waals surface area contributed by atoms with Crippen molar-refractivity contribution in [2.45, 2.75) is 26.7 Å². The van der Waals surface area contributed by atoms with Crippen molar-refractivity contribution in [3.05, 3.63) is 71.0 Å². The second-order valence-corrected chi connectivity index (χ2v) is 5.19. The zero-order valence-electron chi connectivity index (χ0n) is 11.2. The van der Waals surface area contributed by atoms with E-state index in [1.165, 1.54) is 16.7 Å². The van der Waals surface area contributed by atoms with Crippen molar-refractivity contribution in [3.63, 3.8) is 0 Å². The lowest BCUT2D eigenvalue weighted by Crippen LogP contribution is -2.08. The van der Waals surface area contributed by atoms with Gasteiger partial charge in [0.15, 0.2) is 0 Å². The minimum atomic E-state index is -0.175. The molecule has 1 atom stereocenters. The van der Waals surface area contributed by atoms with Crippen LogP contribution >= 0.6 is 0 Å². The van der Waals surface area contributed by atoms with Crippen LogP contribution in [0.5, 0.6) is 0 Å². The van der Waals surface area contributed by atoms with Gasteiger partial charge in [-0.1, -0.05) is 55.8 Å². The maximum atomic E-state index is 13.0. The molecule has 1 unspecified atom stereocenters. The molecule has 0 radical (unpaired) electrons. The van der Waals surface area contributed by atoms with E-state index in [1.54, 1.807) is 12.1 Å². The topological polar surface area (TPSA) is 0 Å². The average molecular weight is 242 g/mol. The summed E-state index contributed by atoms with van der Waals surface area (Å²) in [5.41, 5.74) is 3.74. The molecule has 0 bridgehead atoms. The van der Waals surface area contributed by atoms with E-state index in [4.69, 9.17) is 0 Å². The minimum Gasteiger partial charge on any atom is -0.207 e. The summed E-state index contributed by atoms with van der Waals surface area (Å²) < 4.78 is 13.0. The maximum absolute atomic E-state index is 13.0. The highest BCUT2D eigenvalue weighted by Gasteiger charge is 2.18. The SMILES string of the molecule is Cc1cccc(C(c2ccc(F)cc2)C(C)C)c1. The van der Waals surface area contributed by atoms with Crippen LogP contribution in [-0.2, 0) is 0 Å². The van der Waals surface area contributed by atoms with Crippen molar-refractivity contribution in [1.29, 1.82) is 0 Å². The number of aryl methyl sites for hydroxylation is 1. The Morgan fingerprint density at radius 3 is 2.11 bits per heavy atom. The standard InChI is InChI=1S/C17H19F/c1-12(2)17(14-7-9-16(18)10-8-14)15-6-4-5-13(3)11-15/h4-12,17H,1-3H3. The smallest absolute Gasteiger partial charge is 0.123 e. The van der Waals surface area contributed by atoms with Gasteiger partial charge in [-0.05, 0) is 36.1 Å². The molecule has 2 aromatic rings. The molecule has 0 fully saturated rings. The first-order chi connectivity index (χ1) is 8.58. The number of hydrogen-bond acceptors (Lipinski definition) is 0. The van der Waals surface area contributed by atoms with E-state index in [-0.39, 0.29) is 5.82 Å². The van der Waals surface area contributed by atoms with Crippen molar-refractivity contribution in [2.75, 3.05) is 0 Å². The van der Waals surface area contributed by atoms with Crippen LogP contribution in [0.25, 0.3) is 0 Å². The van der Waals surface area contributed by atoms with Crippen molar-refractivity contribution in [3.8, 4) is 0 Å². The van der Waals surface area contributed by atoms with Crippen LogP contribution in [0.2, 0.25) is 0 Å². The molecule has 1 heteroatoms. The average Bonchev–Trinajstić information content (AvgIpc) is 2.32. The van der Waals surface area contributed by atoms with Gasteiger partial charge in [0.05, 0.1) is 0 Å². The van der Waals surface area contributed by atoms with Crippen LogP contribution in [0.1, 0.15) is 36.5 Å². The Balaban J connectivity index is 2.43. The van der Waals surface area contributed by atoms with Crippen LogP contribution in [0.3, 0.4) is 0 Å². The molecule has 0 aromatic heterocycles. The first-order valence-electron chi connectivity index (χ1n) is 6.40. The molecule has 0 aliphatic heterocycles. The van der Waals surface area contributed by atoms with Crippen molar-refractivity contribution in [1.82, 2.24) is 0 Å². The lowest BCUT2D eigenvalue weighted by molar-refractivity contribution is 0.561. The molecule has 0 N–H and O–H groups in total. The predicted molar refractivity (Wildman–Crippen MR) is 74.3 cm³/mol. The Morgan fingerprint density at radius 1 is 0.889 bits per heavy atom.